The lowest BCUT2D eigenvalue weighted by Gasteiger charge is -2.12. The summed E-state index contributed by atoms with van der Waals surface area (Å²) in [5.41, 5.74) is 2.39. The standard InChI is InChI=1S/C13H13FN2O2S/c1-8-12(19-7-16-8)13(18)15-6-11(17)9-4-2-3-5-10(9)14/h2-5,7,11,17H,6H2,1H3,(H,15,18). The molecule has 6 heteroatoms. The minimum Gasteiger partial charge on any atom is -0.386 e. The van der Waals surface area contributed by atoms with Crippen LogP contribution < -0.4 is 5.32 Å². The molecule has 1 atom stereocenters. The number of hydrogen-bond acceptors (Lipinski definition) is 4. The second kappa shape index (κ2) is 5.90. The van der Waals surface area contributed by atoms with E-state index in [0.29, 0.717) is 10.6 Å². The summed E-state index contributed by atoms with van der Waals surface area (Å²) < 4.78 is 13.4. The van der Waals surface area contributed by atoms with Crippen LogP contribution in [-0.2, 0) is 0 Å². The van der Waals surface area contributed by atoms with Gasteiger partial charge in [0.15, 0.2) is 0 Å². The number of hydrogen-bond donors (Lipinski definition) is 2. The maximum Gasteiger partial charge on any atom is 0.263 e. The van der Waals surface area contributed by atoms with Crippen molar-refractivity contribution in [3.63, 3.8) is 0 Å². The lowest BCUT2D eigenvalue weighted by Crippen LogP contribution is -2.28. The summed E-state index contributed by atoms with van der Waals surface area (Å²) in [6.45, 7) is 1.69. The van der Waals surface area contributed by atoms with Gasteiger partial charge in [-0.3, -0.25) is 4.79 Å². The molecule has 0 saturated heterocycles. The number of nitrogens with one attached hydrogen (secondary N) is 1. The van der Waals surface area contributed by atoms with Gasteiger partial charge in [0.2, 0.25) is 0 Å². The fraction of sp³-hybridized carbons (Fsp3) is 0.231. The lowest BCUT2D eigenvalue weighted by atomic mass is 10.1. The Bertz CT molecular complexity index is 586. The zero-order chi connectivity index (χ0) is 13.8. The van der Waals surface area contributed by atoms with Crippen LogP contribution in [0.2, 0.25) is 0 Å². The molecule has 19 heavy (non-hydrogen) atoms. The first kappa shape index (κ1) is 13.6. The maximum atomic E-state index is 13.4. The Labute approximate surface area is 113 Å². The van der Waals surface area contributed by atoms with Gasteiger partial charge in [0.1, 0.15) is 10.7 Å². The molecular weight excluding hydrogens is 267 g/mol. The SMILES string of the molecule is Cc1ncsc1C(=O)NCC(O)c1ccccc1F. The molecule has 2 aromatic rings. The van der Waals surface area contributed by atoms with Crippen molar-refractivity contribution in [3.05, 3.63) is 51.7 Å². The molecule has 0 aliphatic heterocycles. The van der Waals surface area contributed by atoms with E-state index in [4.69, 9.17) is 0 Å². The van der Waals surface area contributed by atoms with E-state index < -0.39 is 11.9 Å². The predicted molar refractivity (Wildman–Crippen MR) is 70.5 cm³/mol. The van der Waals surface area contributed by atoms with Gasteiger partial charge in [0, 0.05) is 12.1 Å². The smallest absolute Gasteiger partial charge is 0.263 e. The molecule has 1 unspecified atom stereocenters. The number of nitrogens with zero attached hydrogens (tertiary/aromatic N) is 1. The molecule has 1 aromatic heterocycles. The van der Waals surface area contributed by atoms with Crippen molar-refractivity contribution >= 4 is 17.2 Å². The third-order valence-electron chi connectivity index (χ3n) is 2.67. The highest BCUT2D eigenvalue weighted by Crippen LogP contribution is 2.16. The zero-order valence-electron chi connectivity index (χ0n) is 10.3. The van der Waals surface area contributed by atoms with Crippen molar-refractivity contribution in [1.29, 1.82) is 0 Å². The number of carbonyl (C=O) groups excluding carboxylic acids is 1. The second-order valence-electron chi connectivity index (χ2n) is 4.01. The fourth-order valence-electron chi connectivity index (χ4n) is 1.64. The van der Waals surface area contributed by atoms with Crippen molar-refractivity contribution < 1.29 is 14.3 Å². The molecule has 1 heterocycles. The van der Waals surface area contributed by atoms with E-state index in [2.05, 4.69) is 10.3 Å². The van der Waals surface area contributed by atoms with Crippen molar-refractivity contribution in [2.45, 2.75) is 13.0 Å². The number of aromatic nitrogens is 1. The summed E-state index contributed by atoms with van der Waals surface area (Å²) in [7, 11) is 0. The van der Waals surface area contributed by atoms with Gasteiger partial charge in [-0.25, -0.2) is 9.37 Å². The van der Waals surface area contributed by atoms with Gasteiger partial charge in [-0.1, -0.05) is 18.2 Å². The van der Waals surface area contributed by atoms with Crippen molar-refractivity contribution in [2.75, 3.05) is 6.54 Å². The van der Waals surface area contributed by atoms with Gasteiger partial charge in [-0.15, -0.1) is 11.3 Å². The normalized spacial score (nSPS) is 12.2. The first-order chi connectivity index (χ1) is 9.09. The molecule has 2 rings (SSSR count). The van der Waals surface area contributed by atoms with Gasteiger partial charge in [0.05, 0.1) is 17.3 Å². The van der Waals surface area contributed by atoms with Crippen LogP contribution in [0.15, 0.2) is 29.8 Å². The Morgan fingerprint density at radius 1 is 1.53 bits per heavy atom. The molecule has 2 N–H and O–H groups in total. The summed E-state index contributed by atoms with van der Waals surface area (Å²) in [6, 6.07) is 5.94. The van der Waals surface area contributed by atoms with Crippen molar-refractivity contribution in [1.82, 2.24) is 10.3 Å². The molecule has 0 radical (unpaired) electrons. The third kappa shape index (κ3) is 3.15. The second-order valence-corrected chi connectivity index (χ2v) is 4.87. The molecule has 0 aliphatic rings. The minimum atomic E-state index is -1.07. The van der Waals surface area contributed by atoms with Gasteiger partial charge in [0.25, 0.3) is 5.91 Å². The summed E-state index contributed by atoms with van der Waals surface area (Å²) in [4.78, 5) is 16.3. The van der Waals surface area contributed by atoms with Gasteiger partial charge >= 0.3 is 0 Å². The summed E-state index contributed by atoms with van der Waals surface area (Å²) in [5, 5.41) is 12.4. The number of amides is 1. The zero-order valence-corrected chi connectivity index (χ0v) is 11.1. The Kier molecular flexibility index (Phi) is 4.24. The molecule has 0 aliphatic carbocycles. The highest BCUT2D eigenvalue weighted by atomic mass is 32.1. The van der Waals surface area contributed by atoms with Crippen LogP contribution in [0.4, 0.5) is 4.39 Å². The number of carbonyl (C=O) groups is 1. The van der Waals surface area contributed by atoms with Crippen LogP contribution in [0, 0.1) is 12.7 Å². The van der Waals surface area contributed by atoms with Crippen LogP contribution >= 0.6 is 11.3 Å². The summed E-state index contributed by atoms with van der Waals surface area (Å²) in [5.74, 6) is -0.798. The Morgan fingerprint density at radius 3 is 2.89 bits per heavy atom. The van der Waals surface area contributed by atoms with Crippen LogP contribution in [-0.4, -0.2) is 22.5 Å². The summed E-state index contributed by atoms with van der Waals surface area (Å²) in [6.07, 6.45) is -1.07. The molecule has 4 nitrogen and oxygen atoms in total. The molecule has 100 valence electrons. The first-order valence-corrected chi connectivity index (χ1v) is 6.58. The lowest BCUT2D eigenvalue weighted by molar-refractivity contribution is 0.0917. The van der Waals surface area contributed by atoms with E-state index in [-0.39, 0.29) is 18.0 Å². The van der Waals surface area contributed by atoms with Gasteiger partial charge in [-0.2, -0.15) is 0 Å². The van der Waals surface area contributed by atoms with E-state index in [1.54, 1.807) is 24.6 Å². The molecule has 0 fully saturated rings. The Balaban J connectivity index is 1.98. The van der Waals surface area contributed by atoms with Crippen molar-refractivity contribution in [2.24, 2.45) is 0 Å². The number of benzene rings is 1. The number of halogens is 1. The Hall–Kier alpha value is -1.79. The Morgan fingerprint density at radius 2 is 2.26 bits per heavy atom. The van der Waals surface area contributed by atoms with Gasteiger partial charge < -0.3 is 10.4 Å². The highest BCUT2D eigenvalue weighted by molar-refractivity contribution is 7.11. The average Bonchev–Trinajstić information content (AvgIpc) is 2.82. The average molecular weight is 280 g/mol. The van der Waals surface area contributed by atoms with Crippen LogP contribution in [0.5, 0.6) is 0 Å². The molecule has 0 spiro atoms. The number of thiazole rings is 1. The van der Waals surface area contributed by atoms with E-state index >= 15 is 0 Å². The third-order valence-corrected chi connectivity index (χ3v) is 3.60. The largest absolute Gasteiger partial charge is 0.386 e. The fourth-order valence-corrected chi connectivity index (χ4v) is 2.36. The van der Waals surface area contributed by atoms with Crippen LogP contribution in [0.1, 0.15) is 27.0 Å². The first-order valence-electron chi connectivity index (χ1n) is 5.70. The molecule has 0 bridgehead atoms. The topological polar surface area (TPSA) is 62.2 Å². The number of aryl methyl sites for hydroxylation is 1. The van der Waals surface area contributed by atoms with E-state index in [1.165, 1.54) is 23.5 Å². The van der Waals surface area contributed by atoms with E-state index in [9.17, 15) is 14.3 Å². The van der Waals surface area contributed by atoms with Crippen LogP contribution in [0.3, 0.4) is 0 Å². The highest BCUT2D eigenvalue weighted by Gasteiger charge is 2.16. The minimum absolute atomic E-state index is 0.0445. The van der Waals surface area contributed by atoms with Gasteiger partial charge in [-0.05, 0) is 13.0 Å². The monoisotopic (exact) mass is 280 g/mol. The summed E-state index contributed by atoms with van der Waals surface area (Å²) >= 11 is 1.23. The number of rotatable bonds is 4. The number of aliphatic hydroxyl groups is 1. The van der Waals surface area contributed by atoms with E-state index in [1.807, 2.05) is 0 Å². The quantitative estimate of drug-likeness (QED) is 0.901. The van der Waals surface area contributed by atoms with E-state index in [0.717, 1.165) is 0 Å². The number of aliphatic hydroxyl groups excluding tert-OH is 1. The predicted octanol–water partition coefficient (Wildman–Crippen LogP) is 2.05. The maximum absolute atomic E-state index is 13.4. The van der Waals surface area contributed by atoms with Crippen LogP contribution in [0.25, 0.3) is 0 Å². The van der Waals surface area contributed by atoms with Crippen molar-refractivity contribution in [3.8, 4) is 0 Å². The molecule has 0 saturated carbocycles. The molecular formula is C13H13FN2O2S. The molecule has 1 amide bonds. The molecule has 1 aromatic carbocycles.